The molecular formula is C9H7NO6. The number of aromatic carboxylic acids is 1. The molecule has 16 heavy (non-hydrogen) atoms. The molecule has 0 radical (unpaired) electrons. The number of benzene rings is 1. The summed E-state index contributed by atoms with van der Waals surface area (Å²) in [4.78, 5) is 31.8. The van der Waals surface area contributed by atoms with Crippen molar-refractivity contribution in [1.82, 2.24) is 0 Å². The SMILES string of the molecule is COC(=O)c1cccc([N+](=O)[O-])c1C(=O)O. The molecule has 0 saturated carbocycles. The summed E-state index contributed by atoms with van der Waals surface area (Å²) in [5.41, 5.74) is -1.65. The number of carbonyl (C=O) groups is 2. The lowest BCUT2D eigenvalue weighted by Gasteiger charge is -2.03. The Labute approximate surface area is 89.4 Å². The third-order valence-electron chi connectivity index (χ3n) is 1.86. The normalized spacial score (nSPS) is 9.56. The molecule has 1 rings (SSSR count). The van der Waals surface area contributed by atoms with Crippen molar-refractivity contribution in [2.24, 2.45) is 0 Å². The zero-order valence-electron chi connectivity index (χ0n) is 8.17. The van der Waals surface area contributed by atoms with Crippen molar-refractivity contribution >= 4 is 17.6 Å². The highest BCUT2D eigenvalue weighted by Crippen LogP contribution is 2.22. The molecule has 1 aromatic carbocycles. The molecule has 0 fully saturated rings. The summed E-state index contributed by atoms with van der Waals surface area (Å²) in [7, 11) is 1.06. The lowest BCUT2D eigenvalue weighted by Crippen LogP contribution is -2.12. The van der Waals surface area contributed by atoms with Gasteiger partial charge in [-0.25, -0.2) is 9.59 Å². The number of hydrogen-bond donors (Lipinski definition) is 1. The molecular weight excluding hydrogens is 218 g/mol. The fourth-order valence-electron chi connectivity index (χ4n) is 1.20. The van der Waals surface area contributed by atoms with Gasteiger partial charge in [-0.3, -0.25) is 10.1 Å². The van der Waals surface area contributed by atoms with E-state index in [0.717, 1.165) is 19.2 Å². The number of nitro groups is 1. The first-order valence-electron chi connectivity index (χ1n) is 4.08. The van der Waals surface area contributed by atoms with Crippen LogP contribution in [0, 0.1) is 10.1 Å². The van der Waals surface area contributed by atoms with E-state index in [4.69, 9.17) is 5.11 Å². The molecule has 0 amide bonds. The molecule has 7 nitrogen and oxygen atoms in total. The minimum atomic E-state index is -1.55. The van der Waals surface area contributed by atoms with E-state index in [1.54, 1.807) is 0 Å². The standard InChI is InChI=1S/C9H7NO6/c1-16-9(13)5-3-2-4-6(10(14)15)7(5)8(11)12/h2-4H,1H3,(H,11,12). The van der Waals surface area contributed by atoms with Crippen molar-refractivity contribution in [3.8, 4) is 0 Å². The maximum Gasteiger partial charge on any atom is 0.343 e. The summed E-state index contributed by atoms with van der Waals surface area (Å²) in [6, 6.07) is 3.38. The number of carbonyl (C=O) groups excluding carboxylic acids is 1. The summed E-state index contributed by atoms with van der Waals surface area (Å²) in [5, 5.41) is 19.4. The Kier molecular flexibility index (Phi) is 3.19. The molecule has 0 aliphatic rings. The first-order chi connectivity index (χ1) is 7.49. The van der Waals surface area contributed by atoms with Gasteiger partial charge >= 0.3 is 11.9 Å². The fourth-order valence-corrected chi connectivity index (χ4v) is 1.20. The Morgan fingerprint density at radius 3 is 2.50 bits per heavy atom. The zero-order valence-corrected chi connectivity index (χ0v) is 8.17. The summed E-state index contributed by atoms with van der Waals surface area (Å²) in [5.74, 6) is -2.48. The third-order valence-corrected chi connectivity index (χ3v) is 1.86. The van der Waals surface area contributed by atoms with Gasteiger partial charge < -0.3 is 9.84 Å². The van der Waals surface area contributed by atoms with Crippen LogP contribution in [-0.2, 0) is 4.74 Å². The van der Waals surface area contributed by atoms with Crippen LogP contribution in [0.5, 0.6) is 0 Å². The van der Waals surface area contributed by atoms with Crippen LogP contribution >= 0.6 is 0 Å². The van der Waals surface area contributed by atoms with E-state index in [0.29, 0.717) is 0 Å². The lowest BCUT2D eigenvalue weighted by molar-refractivity contribution is -0.385. The lowest BCUT2D eigenvalue weighted by atomic mass is 10.1. The summed E-state index contributed by atoms with van der Waals surface area (Å²) >= 11 is 0. The van der Waals surface area contributed by atoms with Crippen molar-refractivity contribution in [2.75, 3.05) is 7.11 Å². The number of methoxy groups -OCH3 is 1. The van der Waals surface area contributed by atoms with Crippen LogP contribution in [-0.4, -0.2) is 29.1 Å². The first-order valence-corrected chi connectivity index (χ1v) is 4.08. The van der Waals surface area contributed by atoms with E-state index < -0.39 is 28.1 Å². The predicted octanol–water partition coefficient (Wildman–Crippen LogP) is 1.08. The number of ether oxygens (including phenoxy) is 1. The van der Waals surface area contributed by atoms with Crippen molar-refractivity contribution in [3.63, 3.8) is 0 Å². The average Bonchev–Trinajstić information content (AvgIpc) is 2.26. The minimum absolute atomic E-state index is 0.343. The van der Waals surface area contributed by atoms with E-state index in [-0.39, 0.29) is 5.56 Å². The summed E-state index contributed by atoms with van der Waals surface area (Å²) in [6.45, 7) is 0. The topological polar surface area (TPSA) is 107 Å². The van der Waals surface area contributed by atoms with Crippen molar-refractivity contribution in [2.45, 2.75) is 0 Å². The molecule has 0 atom stereocenters. The zero-order chi connectivity index (χ0) is 12.3. The van der Waals surface area contributed by atoms with Gasteiger partial charge in [0, 0.05) is 6.07 Å². The molecule has 0 spiro atoms. The minimum Gasteiger partial charge on any atom is -0.477 e. The quantitative estimate of drug-likeness (QED) is 0.468. The molecule has 0 aromatic heterocycles. The molecule has 7 heteroatoms. The largest absolute Gasteiger partial charge is 0.477 e. The Bertz CT molecular complexity index is 467. The maximum atomic E-state index is 11.2. The maximum absolute atomic E-state index is 11.2. The van der Waals surface area contributed by atoms with Gasteiger partial charge in [0.15, 0.2) is 5.56 Å². The molecule has 84 valence electrons. The van der Waals surface area contributed by atoms with Crippen LogP contribution in [0.4, 0.5) is 5.69 Å². The molecule has 1 N–H and O–H groups in total. The van der Waals surface area contributed by atoms with Gasteiger partial charge in [-0.05, 0) is 6.07 Å². The van der Waals surface area contributed by atoms with Gasteiger partial charge in [-0.1, -0.05) is 6.07 Å². The van der Waals surface area contributed by atoms with Gasteiger partial charge in [0.05, 0.1) is 17.6 Å². The number of esters is 1. The predicted molar refractivity (Wildman–Crippen MR) is 51.4 cm³/mol. The van der Waals surface area contributed by atoms with Crippen LogP contribution in [0.25, 0.3) is 0 Å². The molecule has 0 unspecified atom stereocenters. The molecule has 1 aromatic rings. The van der Waals surface area contributed by atoms with Gasteiger partial charge in [0.1, 0.15) is 0 Å². The van der Waals surface area contributed by atoms with E-state index in [1.165, 1.54) is 6.07 Å². The number of rotatable bonds is 3. The average molecular weight is 225 g/mol. The van der Waals surface area contributed by atoms with E-state index >= 15 is 0 Å². The number of nitrogens with zero attached hydrogens (tertiary/aromatic N) is 1. The Morgan fingerprint density at radius 1 is 1.44 bits per heavy atom. The number of carboxylic acid groups (broad SMARTS) is 1. The van der Waals surface area contributed by atoms with Gasteiger partial charge in [-0.15, -0.1) is 0 Å². The molecule has 0 bridgehead atoms. The fraction of sp³-hybridized carbons (Fsp3) is 0.111. The van der Waals surface area contributed by atoms with E-state index in [9.17, 15) is 19.7 Å². The number of nitro benzene ring substituents is 1. The molecule has 0 saturated heterocycles. The van der Waals surface area contributed by atoms with Crippen molar-refractivity contribution in [3.05, 3.63) is 39.4 Å². The summed E-state index contributed by atoms with van der Waals surface area (Å²) in [6.07, 6.45) is 0. The Hall–Kier alpha value is -2.44. The van der Waals surface area contributed by atoms with Crippen LogP contribution < -0.4 is 0 Å². The third kappa shape index (κ3) is 1.97. The second kappa shape index (κ2) is 4.39. The van der Waals surface area contributed by atoms with Gasteiger partial charge in [0.2, 0.25) is 0 Å². The first kappa shape index (κ1) is 11.6. The van der Waals surface area contributed by atoms with Gasteiger partial charge in [0.25, 0.3) is 5.69 Å². The second-order valence-corrected chi connectivity index (χ2v) is 2.75. The van der Waals surface area contributed by atoms with Crippen LogP contribution in [0.15, 0.2) is 18.2 Å². The highest BCUT2D eigenvalue weighted by Gasteiger charge is 2.27. The second-order valence-electron chi connectivity index (χ2n) is 2.75. The highest BCUT2D eigenvalue weighted by atomic mass is 16.6. The molecule has 0 aliphatic heterocycles. The van der Waals surface area contributed by atoms with Crippen LogP contribution in [0.3, 0.4) is 0 Å². The smallest absolute Gasteiger partial charge is 0.343 e. The number of carboxylic acids is 1. The van der Waals surface area contributed by atoms with E-state index in [2.05, 4.69) is 4.74 Å². The van der Waals surface area contributed by atoms with Crippen molar-refractivity contribution in [1.29, 1.82) is 0 Å². The number of hydrogen-bond acceptors (Lipinski definition) is 5. The molecule has 0 aliphatic carbocycles. The van der Waals surface area contributed by atoms with E-state index in [1.807, 2.05) is 0 Å². The Balaban J connectivity index is 3.51. The van der Waals surface area contributed by atoms with Crippen LogP contribution in [0.2, 0.25) is 0 Å². The summed E-state index contributed by atoms with van der Waals surface area (Å²) < 4.78 is 4.34. The Morgan fingerprint density at radius 2 is 2.06 bits per heavy atom. The monoisotopic (exact) mass is 225 g/mol. The van der Waals surface area contributed by atoms with Crippen LogP contribution in [0.1, 0.15) is 20.7 Å². The molecule has 0 heterocycles. The highest BCUT2D eigenvalue weighted by molar-refractivity contribution is 6.05. The van der Waals surface area contributed by atoms with Gasteiger partial charge in [-0.2, -0.15) is 0 Å². The van der Waals surface area contributed by atoms with Crippen molar-refractivity contribution < 1.29 is 24.4 Å².